The first-order chi connectivity index (χ1) is 8.36. The third kappa shape index (κ3) is 6.69. The molecule has 1 rings (SSSR count). The van der Waals surface area contributed by atoms with Crippen molar-refractivity contribution in [2.75, 3.05) is 25.7 Å². The van der Waals surface area contributed by atoms with Gasteiger partial charge in [0.15, 0.2) is 0 Å². The molecule has 0 fully saturated rings. The van der Waals surface area contributed by atoms with E-state index >= 15 is 0 Å². The first-order valence-corrected chi connectivity index (χ1v) is 7.25. The van der Waals surface area contributed by atoms with E-state index in [2.05, 4.69) is 28.1 Å². The maximum Gasteiger partial charge on any atom is 0.119 e. The molecule has 0 unspecified atom stereocenters. The Morgan fingerprint density at radius 3 is 2.41 bits per heavy atom. The summed E-state index contributed by atoms with van der Waals surface area (Å²) in [5, 5.41) is 1.08. The second kappa shape index (κ2) is 9.49. The average molecular weight is 301 g/mol. The van der Waals surface area contributed by atoms with E-state index in [4.69, 9.17) is 9.47 Å². The van der Waals surface area contributed by atoms with E-state index in [-0.39, 0.29) is 0 Å². The Morgan fingerprint density at radius 2 is 1.76 bits per heavy atom. The van der Waals surface area contributed by atoms with Gasteiger partial charge in [-0.2, -0.15) is 0 Å². The van der Waals surface area contributed by atoms with Gasteiger partial charge in [0.25, 0.3) is 0 Å². The van der Waals surface area contributed by atoms with E-state index in [1.165, 1.54) is 18.4 Å². The molecule has 0 amide bonds. The normalized spacial score (nSPS) is 10.5. The maximum absolute atomic E-state index is 5.67. The van der Waals surface area contributed by atoms with Gasteiger partial charge in [-0.25, -0.2) is 0 Å². The van der Waals surface area contributed by atoms with Crippen molar-refractivity contribution >= 4 is 15.9 Å². The molecule has 2 nitrogen and oxygen atoms in total. The molecule has 0 atom stereocenters. The highest BCUT2D eigenvalue weighted by Crippen LogP contribution is 2.13. The predicted molar refractivity (Wildman–Crippen MR) is 75.2 cm³/mol. The van der Waals surface area contributed by atoms with E-state index < -0.39 is 0 Å². The van der Waals surface area contributed by atoms with Crippen LogP contribution in [0.2, 0.25) is 0 Å². The quantitative estimate of drug-likeness (QED) is 0.510. The Kier molecular flexibility index (Phi) is 8.10. The SMILES string of the molecule is COCCc1ccc(OCCCCCBr)cc1. The molecule has 0 heterocycles. The smallest absolute Gasteiger partial charge is 0.119 e. The zero-order valence-electron chi connectivity index (χ0n) is 10.5. The summed E-state index contributed by atoms with van der Waals surface area (Å²) in [5.74, 6) is 0.963. The van der Waals surface area contributed by atoms with Gasteiger partial charge in [-0.1, -0.05) is 28.1 Å². The van der Waals surface area contributed by atoms with Gasteiger partial charge < -0.3 is 9.47 Å². The lowest BCUT2D eigenvalue weighted by atomic mass is 10.1. The van der Waals surface area contributed by atoms with E-state index in [9.17, 15) is 0 Å². The summed E-state index contributed by atoms with van der Waals surface area (Å²) < 4.78 is 10.7. The molecule has 0 saturated carbocycles. The Labute approximate surface area is 112 Å². The van der Waals surface area contributed by atoms with Crippen LogP contribution >= 0.6 is 15.9 Å². The summed E-state index contributed by atoms with van der Waals surface area (Å²) in [6.45, 7) is 1.58. The van der Waals surface area contributed by atoms with Crippen LogP contribution < -0.4 is 4.74 Å². The molecule has 0 bridgehead atoms. The lowest BCUT2D eigenvalue weighted by Gasteiger charge is -2.07. The molecule has 0 spiro atoms. The highest BCUT2D eigenvalue weighted by atomic mass is 79.9. The van der Waals surface area contributed by atoms with Crippen LogP contribution in [0.4, 0.5) is 0 Å². The number of benzene rings is 1. The summed E-state index contributed by atoms with van der Waals surface area (Å²) in [6.07, 6.45) is 4.52. The Balaban J connectivity index is 2.20. The molecule has 0 aliphatic rings. The summed E-state index contributed by atoms with van der Waals surface area (Å²) >= 11 is 3.42. The van der Waals surface area contributed by atoms with Gasteiger partial charge in [-0.3, -0.25) is 0 Å². The van der Waals surface area contributed by atoms with Crippen LogP contribution in [0.5, 0.6) is 5.75 Å². The number of rotatable bonds is 9. The molecule has 0 radical (unpaired) electrons. The van der Waals surface area contributed by atoms with Crippen molar-refractivity contribution in [1.82, 2.24) is 0 Å². The Bertz CT molecular complexity index is 285. The number of unbranched alkanes of at least 4 members (excludes halogenated alkanes) is 2. The largest absolute Gasteiger partial charge is 0.494 e. The molecule has 0 aromatic heterocycles. The van der Waals surface area contributed by atoms with E-state index in [0.29, 0.717) is 0 Å². The zero-order chi connectivity index (χ0) is 12.3. The van der Waals surface area contributed by atoms with Gasteiger partial charge in [0.2, 0.25) is 0 Å². The first kappa shape index (κ1) is 14.5. The molecule has 1 aromatic rings. The van der Waals surface area contributed by atoms with Crippen molar-refractivity contribution in [3.63, 3.8) is 0 Å². The van der Waals surface area contributed by atoms with E-state index in [1.54, 1.807) is 7.11 Å². The molecular formula is C14H21BrO2. The summed E-state index contributed by atoms with van der Waals surface area (Å²) in [6, 6.07) is 8.28. The standard InChI is InChI=1S/C14H21BrO2/c1-16-12-9-13-5-7-14(8-6-13)17-11-4-2-3-10-15/h5-8H,2-4,9-12H2,1H3. The molecule has 0 aliphatic heterocycles. The number of hydrogen-bond acceptors (Lipinski definition) is 2. The second-order valence-electron chi connectivity index (χ2n) is 3.98. The summed E-state index contributed by atoms with van der Waals surface area (Å²) in [4.78, 5) is 0. The molecule has 96 valence electrons. The molecule has 3 heteroatoms. The summed E-state index contributed by atoms with van der Waals surface area (Å²) in [7, 11) is 1.73. The zero-order valence-corrected chi connectivity index (χ0v) is 12.0. The van der Waals surface area contributed by atoms with Crippen LogP contribution in [0, 0.1) is 0 Å². The maximum atomic E-state index is 5.67. The topological polar surface area (TPSA) is 18.5 Å². The van der Waals surface area contributed by atoms with Crippen LogP contribution in [0.3, 0.4) is 0 Å². The van der Waals surface area contributed by atoms with E-state index in [0.717, 1.165) is 37.1 Å². The van der Waals surface area contributed by atoms with Gasteiger partial charge in [-0.15, -0.1) is 0 Å². The number of alkyl halides is 1. The number of methoxy groups -OCH3 is 1. The van der Waals surface area contributed by atoms with Crippen LogP contribution in [-0.2, 0) is 11.2 Å². The van der Waals surface area contributed by atoms with Gasteiger partial charge in [0.05, 0.1) is 13.2 Å². The monoisotopic (exact) mass is 300 g/mol. The molecule has 17 heavy (non-hydrogen) atoms. The minimum atomic E-state index is 0.771. The van der Waals surface area contributed by atoms with Crippen LogP contribution in [0.1, 0.15) is 24.8 Å². The van der Waals surface area contributed by atoms with Gasteiger partial charge >= 0.3 is 0 Å². The van der Waals surface area contributed by atoms with Crippen molar-refractivity contribution in [1.29, 1.82) is 0 Å². The van der Waals surface area contributed by atoms with Crippen molar-refractivity contribution in [3.8, 4) is 5.75 Å². The molecule has 1 aromatic carbocycles. The second-order valence-corrected chi connectivity index (χ2v) is 4.78. The fourth-order valence-corrected chi connectivity index (χ4v) is 1.93. The predicted octanol–water partition coefficient (Wildman–Crippen LogP) is 3.82. The molecule has 0 saturated heterocycles. The highest BCUT2D eigenvalue weighted by molar-refractivity contribution is 9.09. The minimum absolute atomic E-state index is 0.771. The van der Waals surface area contributed by atoms with Crippen LogP contribution in [0.25, 0.3) is 0 Å². The number of halogens is 1. The first-order valence-electron chi connectivity index (χ1n) is 6.13. The average Bonchev–Trinajstić information content (AvgIpc) is 2.37. The minimum Gasteiger partial charge on any atom is -0.494 e. The van der Waals surface area contributed by atoms with Crippen molar-refractivity contribution in [3.05, 3.63) is 29.8 Å². The van der Waals surface area contributed by atoms with Gasteiger partial charge in [0.1, 0.15) is 5.75 Å². The number of hydrogen-bond donors (Lipinski definition) is 0. The lowest BCUT2D eigenvalue weighted by molar-refractivity contribution is 0.202. The third-order valence-corrected chi connectivity index (χ3v) is 3.13. The number of ether oxygens (including phenoxy) is 2. The van der Waals surface area contributed by atoms with Crippen LogP contribution in [0.15, 0.2) is 24.3 Å². The van der Waals surface area contributed by atoms with E-state index in [1.807, 2.05) is 12.1 Å². The fourth-order valence-electron chi connectivity index (χ4n) is 1.54. The Morgan fingerprint density at radius 1 is 1.00 bits per heavy atom. The molecule has 0 N–H and O–H groups in total. The van der Waals surface area contributed by atoms with Gasteiger partial charge in [0, 0.05) is 12.4 Å². The third-order valence-electron chi connectivity index (χ3n) is 2.56. The molecule has 0 aliphatic carbocycles. The van der Waals surface area contributed by atoms with Crippen molar-refractivity contribution in [2.45, 2.75) is 25.7 Å². The summed E-state index contributed by atoms with van der Waals surface area (Å²) in [5.41, 5.74) is 1.29. The fraction of sp³-hybridized carbons (Fsp3) is 0.571. The lowest BCUT2D eigenvalue weighted by Crippen LogP contribution is -1.98. The van der Waals surface area contributed by atoms with Crippen LogP contribution in [-0.4, -0.2) is 25.7 Å². The van der Waals surface area contributed by atoms with Gasteiger partial charge in [-0.05, 0) is 43.4 Å². The molecular weight excluding hydrogens is 280 g/mol. The van der Waals surface area contributed by atoms with Crippen molar-refractivity contribution < 1.29 is 9.47 Å². The van der Waals surface area contributed by atoms with Crippen molar-refractivity contribution in [2.24, 2.45) is 0 Å². The Hall–Kier alpha value is -0.540. The highest BCUT2D eigenvalue weighted by Gasteiger charge is 1.96.